The second-order valence-corrected chi connectivity index (χ2v) is 4.23. The fourth-order valence-electron chi connectivity index (χ4n) is 1.79. The van der Waals surface area contributed by atoms with Crippen molar-refractivity contribution in [1.82, 2.24) is 10.2 Å². The molecule has 0 aliphatic carbocycles. The van der Waals surface area contributed by atoms with E-state index in [1.54, 1.807) is 0 Å². The molecular formula is C10H18N2O4. The highest BCUT2D eigenvalue weighted by molar-refractivity contribution is 5.78. The molecule has 1 amide bonds. The normalized spacial score (nSPS) is 18.9. The van der Waals surface area contributed by atoms with Crippen LogP contribution < -0.4 is 5.32 Å². The third kappa shape index (κ3) is 3.79. The monoisotopic (exact) mass is 230 g/mol. The van der Waals surface area contributed by atoms with Gasteiger partial charge in [0.05, 0.1) is 12.1 Å². The number of carboxylic acids is 1. The fourth-order valence-corrected chi connectivity index (χ4v) is 1.79. The molecule has 0 unspecified atom stereocenters. The number of ether oxygens (including phenoxy) is 1. The number of carbonyl (C=O) groups excluding carboxylic acids is 1. The lowest BCUT2D eigenvalue weighted by atomic mass is 9.96. The largest absolute Gasteiger partial charge is 0.480 e. The Kier molecular flexibility index (Phi) is 4.26. The highest BCUT2D eigenvalue weighted by Gasteiger charge is 2.40. The number of rotatable bonds is 6. The number of hydrogen-bond acceptors (Lipinski definition) is 4. The number of carbonyl (C=O) groups is 2. The van der Waals surface area contributed by atoms with Gasteiger partial charge in [-0.1, -0.05) is 0 Å². The van der Waals surface area contributed by atoms with Gasteiger partial charge in [0.15, 0.2) is 0 Å². The zero-order valence-corrected chi connectivity index (χ0v) is 9.65. The Hall–Kier alpha value is -1.14. The van der Waals surface area contributed by atoms with E-state index >= 15 is 0 Å². The molecule has 0 aromatic rings. The first kappa shape index (κ1) is 12.9. The highest BCUT2D eigenvalue weighted by atomic mass is 16.5. The molecule has 1 saturated heterocycles. The lowest BCUT2D eigenvalue weighted by Gasteiger charge is -2.46. The van der Waals surface area contributed by atoms with Gasteiger partial charge in [0, 0.05) is 19.6 Å². The smallest absolute Gasteiger partial charge is 0.329 e. The van der Waals surface area contributed by atoms with Crippen molar-refractivity contribution in [3.8, 4) is 0 Å². The summed E-state index contributed by atoms with van der Waals surface area (Å²) >= 11 is 0. The van der Waals surface area contributed by atoms with Crippen molar-refractivity contribution >= 4 is 11.9 Å². The van der Waals surface area contributed by atoms with Crippen molar-refractivity contribution in [3.63, 3.8) is 0 Å². The first-order valence-electron chi connectivity index (χ1n) is 5.30. The molecule has 0 aromatic heterocycles. The summed E-state index contributed by atoms with van der Waals surface area (Å²) in [6, 6.07) is 0. The molecule has 0 aromatic carbocycles. The predicted octanol–water partition coefficient (Wildman–Crippen LogP) is -0.702. The van der Waals surface area contributed by atoms with E-state index in [9.17, 15) is 9.59 Å². The second-order valence-electron chi connectivity index (χ2n) is 4.23. The third-order valence-corrected chi connectivity index (χ3v) is 2.40. The Balaban J connectivity index is 2.20. The molecule has 2 N–H and O–H groups in total. The molecule has 92 valence electrons. The van der Waals surface area contributed by atoms with Gasteiger partial charge in [0.25, 0.3) is 0 Å². The van der Waals surface area contributed by atoms with Gasteiger partial charge >= 0.3 is 5.97 Å². The number of likely N-dealkylation sites (N-methyl/N-ethyl adjacent to an activating group) is 1. The van der Waals surface area contributed by atoms with Crippen LogP contribution >= 0.6 is 0 Å². The number of nitrogens with one attached hydrogen (secondary N) is 1. The van der Waals surface area contributed by atoms with Gasteiger partial charge in [-0.05, 0) is 13.8 Å². The van der Waals surface area contributed by atoms with Crippen molar-refractivity contribution in [3.05, 3.63) is 0 Å². The molecule has 1 rings (SSSR count). The molecule has 1 aliphatic heterocycles. The summed E-state index contributed by atoms with van der Waals surface area (Å²) in [5.74, 6) is -0.980. The van der Waals surface area contributed by atoms with Crippen LogP contribution in [0.4, 0.5) is 0 Å². The minimum Gasteiger partial charge on any atom is -0.480 e. The molecule has 1 fully saturated rings. The van der Waals surface area contributed by atoms with E-state index in [0.717, 1.165) is 0 Å². The van der Waals surface area contributed by atoms with E-state index < -0.39 is 11.6 Å². The highest BCUT2D eigenvalue weighted by Crippen LogP contribution is 2.23. The average Bonchev–Trinajstić information content (AvgIpc) is 2.12. The van der Waals surface area contributed by atoms with Crippen LogP contribution in [-0.4, -0.2) is 60.3 Å². The van der Waals surface area contributed by atoms with Crippen LogP contribution in [0.15, 0.2) is 0 Å². The Morgan fingerprint density at radius 1 is 1.50 bits per heavy atom. The Morgan fingerprint density at radius 2 is 2.12 bits per heavy atom. The summed E-state index contributed by atoms with van der Waals surface area (Å²) in [5.41, 5.74) is -0.426. The summed E-state index contributed by atoms with van der Waals surface area (Å²) in [7, 11) is 0. The number of likely N-dealkylation sites (tertiary alicyclic amines) is 1. The number of hydrogen-bond donors (Lipinski definition) is 2. The van der Waals surface area contributed by atoms with Crippen molar-refractivity contribution in [2.24, 2.45) is 0 Å². The average molecular weight is 230 g/mol. The second kappa shape index (κ2) is 5.27. The molecular weight excluding hydrogens is 212 g/mol. The lowest BCUT2D eigenvalue weighted by molar-refractivity contribution is -0.166. The van der Waals surface area contributed by atoms with Crippen molar-refractivity contribution in [2.75, 3.05) is 32.8 Å². The number of amides is 1. The van der Waals surface area contributed by atoms with Crippen LogP contribution in [0.5, 0.6) is 0 Å². The summed E-state index contributed by atoms with van der Waals surface area (Å²) in [6.45, 7) is 5.60. The molecule has 1 heterocycles. The van der Waals surface area contributed by atoms with Gasteiger partial charge in [-0.15, -0.1) is 0 Å². The van der Waals surface area contributed by atoms with E-state index in [4.69, 9.17) is 9.84 Å². The van der Waals surface area contributed by atoms with Crippen molar-refractivity contribution < 1.29 is 19.4 Å². The van der Waals surface area contributed by atoms with E-state index in [2.05, 4.69) is 5.32 Å². The van der Waals surface area contributed by atoms with Crippen molar-refractivity contribution in [1.29, 1.82) is 0 Å². The quantitative estimate of drug-likeness (QED) is 0.630. The molecule has 0 saturated carbocycles. The Morgan fingerprint density at radius 3 is 2.62 bits per heavy atom. The summed E-state index contributed by atoms with van der Waals surface area (Å²) < 4.78 is 5.23. The maximum atomic E-state index is 11.2. The van der Waals surface area contributed by atoms with Crippen molar-refractivity contribution in [2.45, 2.75) is 19.4 Å². The zero-order valence-electron chi connectivity index (χ0n) is 9.65. The molecule has 0 radical (unpaired) electrons. The van der Waals surface area contributed by atoms with Gasteiger partial charge < -0.3 is 15.2 Å². The standard InChI is InChI=1S/C10H18N2O4/c1-3-11-8(13)4-12-6-10(2,7-12)16-5-9(14)15/h3-7H2,1-2H3,(H,11,13)(H,14,15). The van der Waals surface area contributed by atoms with E-state index in [1.165, 1.54) is 0 Å². The molecule has 1 aliphatic rings. The van der Waals surface area contributed by atoms with E-state index in [1.807, 2.05) is 18.7 Å². The summed E-state index contributed by atoms with van der Waals surface area (Å²) in [5, 5.41) is 11.2. The molecule has 6 nitrogen and oxygen atoms in total. The molecule has 0 bridgehead atoms. The van der Waals surface area contributed by atoms with Crippen LogP contribution in [0.3, 0.4) is 0 Å². The van der Waals surface area contributed by atoms with Crippen LogP contribution in [0.2, 0.25) is 0 Å². The van der Waals surface area contributed by atoms with Gasteiger partial charge in [0.2, 0.25) is 5.91 Å². The lowest BCUT2D eigenvalue weighted by Crippen LogP contribution is -2.63. The molecule has 16 heavy (non-hydrogen) atoms. The topological polar surface area (TPSA) is 78.9 Å². The van der Waals surface area contributed by atoms with Gasteiger partial charge in [0.1, 0.15) is 6.61 Å². The first-order valence-corrected chi connectivity index (χ1v) is 5.30. The predicted molar refractivity (Wildman–Crippen MR) is 57.1 cm³/mol. The zero-order chi connectivity index (χ0) is 12.2. The van der Waals surface area contributed by atoms with E-state index in [0.29, 0.717) is 26.2 Å². The summed E-state index contributed by atoms with van der Waals surface area (Å²) in [4.78, 5) is 23.5. The molecule has 0 atom stereocenters. The number of aliphatic carboxylic acids is 1. The van der Waals surface area contributed by atoms with Gasteiger partial charge in [-0.3, -0.25) is 9.69 Å². The van der Waals surface area contributed by atoms with Crippen LogP contribution in [0, 0.1) is 0 Å². The maximum Gasteiger partial charge on any atom is 0.329 e. The Labute approximate surface area is 94.6 Å². The minimum atomic E-state index is -0.969. The maximum absolute atomic E-state index is 11.2. The molecule has 6 heteroatoms. The van der Waals surface area contributed by atoms with Crippen LogP contribution in [0.1, 0.15) is 13.8 Å². The number of nitrogens with zero attached hydrogens (tertiary/aromatic N) is 1. The Bertz CT molecular complexity index is 274. The molecule has 0 spiro atoms. The fraction of sp³-hybridized carbons (Fsp3) is 0.800. The third-order valence-electron chi connectivity index (χ3n) is 2.40. The van der Waals surface area contributed by atoms with Gasteiger partial charge in [-0.2, -0.15) is 0 Å². The van der Waals surface area contributed by atoms with E-state index in [-0.39, 0.29) is 12.5 Å². The number of carboxylic acid groups (broad SMARTS) is 1. The van der Waals surface area contributed by atoms with Gasteiger partial charge in [-0.25, -0.2) is 4.79 Å². The first-order chi connectivity index (χ1) is 7.45. The van der Waals surface area contributed by atoms with Crippen LogP contribution in [-0.2, 0) is 14.3 Å². The summed E-state index contributed by atoms with van der Waals surface area (Å²) in [6.07, 6.45) is 0. The SMILES string of the molecule is CCNC(=O)CN1CC(C)(OCC(=O)O)C1. The van der Waals surface area contributed by atoms with Crippen LogP contribution in [0.25, 0.3) is 0 Å². The minimum absolute atomic E-state index is 0.0113.